The molecular weight excluding hydrogens is 254 g/mol. The maximum Gasteiger partial charge on any atom is 0.303 e. The van der Waals surface area contributed by atoms with E-state index >= 15 is 0 Å². The van der Waals surface area contributed by atoms with Crippen LogP contribution < -0.4 is 5.32 Å². The highest BCUT2D eigenvalue weighted by Gasteiger charge is 2.12. The predicted molar refractivity (Wildman–Crippen MR) is 78.5 cm³/mol. The number of hydrogen-bond acceptors (Lipinski definition) is 2. The standard InChI is InChI=1S/C16H23NO3/c1-12-6-8-14(9-7-12)11-13(2)16(20)17-10-4-3-5-15(18)19/h6-9,13H,3-5,10-11H2,1-2H3,(H,17,20)(H,18,19). The zero-order valence-corrected chi connectivity index (χ0v) is 12.2. The third-order valence-electron chi connectivity index (χ3n) is 3.23. The number of hydrogen-bond donors (Lipinski definition) is 2. The fourth-order valence-corrected chi connectivity index (χ4v) is 1.96. The normalized spacial score (nSPS) is 11.9. The van der Waals surface area contributed by atoms with Crippen molar-refractivity contribution in [3.8, 4) is 0 Å². The van der Waals surface area contributed by atoms with Gasteiger partial charge in [-0.15, -0.1) is 0 Å². The molecule has 20 heavy (non-hydrogen) atoms. The highest BCUT2D eigenvalue weighted by atomic mass is 16.4. The van der Waals surface area contributed by atoms with Gasteiger partial charge in [-0.2, -0.15) is 0 Å². The Morgan fingerprint density at radius 2 is 1.85 bits per heavy atom. The lowest BCUT2D eigenvalue weighted by molar-refractivity contribution is -0.137. The van der Waals surface area contributed by atoms with Crippen LogP contribution in [-0.2, 0) is 16.0 Å². The van der Waals surface area contributed by atoms with Gasteiger partial charge in [0.15, 0.2) is 0 Å². The molecule has 0 aliphatic rings. The molecule has 1 aromatic rings. The number of carboxylic acids is 1. The number of carboxylic acid groups (broad SMARTS) is 1. The van der Waals surface area contributed by atoms with Gasteiger partial charge >= 0.3 is 5.97 Å². The molecule has 1 unspecified atom stereocenters. The molecule has 0 saturated heterocycles. The minimum Gasteiger partial charge on any atom is -0.481 e. The monoisotopic (exact) mass is 277 g/mol. The number of aliphatic carboxylic acids is 1. The summed E-state index contributed by atoms with van der Waals surface area (Å²) in [4.78, 5) is 22.2. The van der Waals surface area contributed by atoms with Crippen LogP contribution in [0, 0.1) is 12.8 Å². The van der Waals surface area contributed by atoms with Crippen molar-refractivity contribution in [3.63, 3.8) is 0 Å². The second kappa shape index (κ2) is 8.35. The number of benzene rings is 1. The molecule has 0 saturated carbocycles. The van der Waals surface area contributed by atoms with Crippen LogP contribution in [0.3, 0.4) is 0 Å². The fraction of sp³-hybridized carbons (Fsp3) is 0.500. The summed E-state index contributed by atoms with van der Waals surface area (Å²) >= 11 is 0. The van der Waals surface area contributed by atoms with E-state index in [1.165, 1.54) is 5.56 Å². The van der Waals surface area contributed by atoms with Gasteiger partial charge in [-0.05, 0) is 31.7 Å². The maximum absolute atomic E-state index is 11.9. The van der Waals surface area contributed by atoms with Crippen LogP contribution >= 0.6 is 0 Å². The molecule has 0 radical (unpaired) electrons. The maximum atomic E-state index is 11.9. The van der Waals surface area contributed by atoms with Crippen molar-refractivity contribution < 1.29 is 14.7 Å². The summed E-state index contributed by atoms with van der Waals surface area (Å²) < 4.78 is 0. The van der Waals surface area contributed by atoms with Gasteiger partial charge in [0.1, 0.15) is 0 Å². The first-order valence-electron chi connectivity index (χ1n) is 7.04. The number of carbonyl (C=O) groups is 2. The van der Waals surface area contributed by atoms with Crippen LogP contribution in [0.4, 0.5) is 0 Å². The predicted octanol–water partition coefficient (Wildman–Crippen LogP) is 2.54. The highest BCUT2D eigenvalue weighted by molar-refractivity contribution is 5.78. The zero-order valence-electron chi connectivity index (χ0n) is 12.2. The number of amides is 1. The van der Waals surface area contributed by atoms with Gasteiger partial charge in [-0.3, -0.25) is 9.59 Å². The van der Waals surface area contributed by atoms with Crippen molar-refractivity contribution in [1.29, 1.82) is 0 Å². The average Bonchev–Trinajstić information content (AvgIpc) is 2.40. The Kier molecular flexibility index (Phi) is 6.77. The summed E-state index contributed by atoms with van der Waals surface area (Å²) in [5, 5.41) is 11.4. The molecule has 0 spiro atoms. The Balaban J connectivity index is 2.25. The molecule has 1 rings (SSSR count). The summed E-state index contributed by atoms with van der Waals surface area (Å²) in [7, 11) is 0. The molecule has 0 fully saturated rings. The average molecular weight is 277 g/mol. The summed E-state index contributed by atoms with van der Waals surface area (Å²) in [5.74, 6) is -0.831. The Labute approximate surface area is 120 Å². The molecule has 0 bridgehead atoms. The molecule has 110 valence electrons. The molecule has 4 nitrogen and oxygen atoms in total. The van der Waals surface area contributed by atoms with E-state index in [9.17, 15) is 9.59 Å². The van der Waals surface area contributed by atoms with Crippen LogP contribution in [-0.4, -0.2) is 23.5 Å². The molecule has 1 atom stereocenters. The summed E-state index contributed by atoms with van der Waals surface area (Å²) in [6, 6.07) is 8.19. The van der Waals surface area contributed by atoms with Gasteiger partial charge in [0.25, 0.3) is 0 Å². The van der Waals surface area contributed by atoms with Gasteiger partial charge in [0.05, 0.1) is 0 Å². The van der Waals surface area contributed by atoms with E-state index in [2.05, 4.69) is 5.32 Å². The van der Waals surface area contributed by atoms with E-state index < -0.39 is 5.97 Å². The van der Waals surface area contributed by atoms with Gasteiger partial charge in [-0.1, -0.05) is 36.8 Å². The first-order chi connectivity index (χ1) is 9.49. The van der Waals surface area contributed by atoms with Crippen LogP contribution in [0.5, 0.6) is 0 Å². The lowest BCUT2D eigenvalue weighted by atomic mass is 9.99. The van der Waals surface area contributed by atoms with Crippen LogP contribution in [0.1, 0.15) is 37.3 Å². The molecule has 1 amide bonds. The van der Waals surface area contributed by atoms with Crippen molar-refractivity contribution in [2.75, 3.05) is 6.54 Å². The van der Waals surface area contributed by atoms with E-state index in [1.54, 1.807) is 0 Å². The second-order valence-corrected chi connectivity index (χ2v) is 5.23. The Morgan fingerprint density at radius 1 is 1.20 bits per heavy atom. The lowest BCUT2D eigenvalue weighted by Gasteiger charge is -2.12. The van der Waals surface area contributed by atoms with Crippen LogP contribution in [0.2, 0.25) is 0 Å². The summed E-state index contributed by atoms with van der Waals surface area (Å²) in [5.41, 5.74) is 2.37. The topological polar surface area (TPSA) is 66.4 Å². The summed E-state index contributed by atoms with van der Waals surface area (Å²) in [6.07, 6.45) is 2.19. The van der Waals surface area contributed by atoms with Crippen LogP contribution in [0.15, 0.2) is 24.3 Å². The second-order valence-electron chi connectivity index (χ2n) is 5.23. The third-order valence-corrected chi connectivity index (χ3v) is 3.23. The van der Waals surface area contributed by atoms with E-state index in [4.69, 9.17) is 5.11 Å². The van der Waals surface area contributed by atoms with Crippen molar-refractivity contribution in [2.24, 2.45) is 5.92 Å². The van der Waals surface area contributed by atoms with Crippen molar-refractivity contribution in [1.82, 2.24) is 5.32 Å². The third kappa shape index (κ3) is 6.36. The summed E-state index contributed by atoms with van der Waals surface area (Å²) in [6.45, 7) is 4.49. The number of carbonyl (C=O) groups excluding carboxylic acids is 1. The van der Waals surface area contributed by atoms with E-state index in [-0.39, 0.29) is 18.2 Å². The molecule has 4 heteroatoms. The van der Waals surface area contributed by atoms with Crippen molar-refractivity contribution >= 4 is 11.9 Å². The lowest BCUT2D eigenvalue weighted by Crippen LogP contribution is -2.31. The molecule has 0 aliphatic carbocycles. The highest BCUT2D eigenvalue weighted by Crippen LogP contribution is 2.10. The minimum absolute atomic E-state index is 0.0286. The first kappa shape index (κ1) is 16.2. The molecule has 1 aromatic carbocycles. The number of unbranched alkanes of at least 4 members (excludes halogenated alkanes) is 1. The smallest absolute Gasteiger partial charge is 0.303 e. The van der Waals surface area contributed by atoms with Gasteiger partial charge in [-0.25, -0.2) is 0 Å². The van der Waals surface area contributed by atoms with E-state index in [1.807, 2.05) is 38.1 Å². The zero-order chi connectivity index (χ0) is 15.0. The minimum atomic E-state index is -0.788. The van der Waals surface area contributed by atoms with Crippen LogP contribution in [0.25, 0.3) is 0 Å². The quantitative estimate of drug-likeness (QED) is 0.718. The largest absolute Gasteiger partial charge is 0.481 e. The van der Waals surface area contributed by atoms with Gasteiger partial charge in [0.2, 0.25) is 5.91 Å². The van der Waals surface area contributed by atoms with Crippen molar-refractivity contribution in [3.05, 3.63) is 35.4 Å². The number of nitrogens with one attached hydrogen (secondary N) is 1. The number of rotatable bonds is 8. The Morgan fingerprint density at radius 3 is 2.45 bits per heavy atom. The molecule has 2 N–H and O–H groups in total. The molecule has 0 aliphatic heterocycles. The van der Waals surface area contributed by atoms with E-state index in [0.717, 1.165) is 12.0 Å². The Hall–Kier alpha value is -1.84. The molecule has 0 heterocycles. The molecular formula is C16H23NO3. The number of aryl methyl sites for hydroxylation is 1. The van der Waals surface area contributed by atoms with Crippen molar-refractivity contribution in [2.45, 2.75) is 39.5 Å². The van der Waals surface area contributed by atoms with Gasteiger partial charge in [0, 0.05) is 18.9 Å². The molecule has 0 aromatic heterocycles. The van der Waals surface area contributed by atoms with E-state index in [0.29, 0.717) is 19.4 Å². The fourth-order valence-electron chi connectivity index (χ4n) is 1.96. The SMILES string of the molecule is Cc1ccc(CC(C)C(=O)NCCCCC(=O)O)cc1. The van der Waals surface area contributed by atoms with Gasteiger partial charge < -0.3 is 10.4 Å². The first-order valence-corrected chi connectivity index (χ1v) is 7.04. The Bertz CT molecular complexity index is 440.